The van der Waals surface area contributed by atoms with Crippen molar-refractivity contribution in [3.05, 3.63) is 60.6 Å². The SMILES string of the molecule is O=C(CN1CCOCC1)Nc1cc(C(=O)Cc2cnc(-c3cncnc3)cn2)ccc1OC(F)(F)F. The van der Waals surface area contributed by atoms with E-state index in [1.165, 1.54) is 24.8 Å². The molecule has 0 bridgehead atoms. The highest BCUT2D eigenvalue weighted by Gasteiger charge is 2.32. The summed E-state index contributed by atoms with van der Waals surface area (Å²) >= 11 is 0. The molecular weight excluding hydrogens is 481 g/mol. The molecule has 1 N–H and O–H groups in total. The Balaban J connectivity index is 1.48. The summed E-state index contributed by atoms with van der Waals surface area (Å²) in [6.45, 7) is 1.93. The lowest BCUT2D eigenvalue weighted by molar-refractivity contribution is -0.274. The first kappa shape index (κ1) is 25.1. The van der Waals surface area contributed by atoms with Gasteiger partial charge in [-0.1, -0.05) is 0 Å². The summed E-state index contributed by atoms with van der Waals surface area (Å²) < 4.78 is 47.9. The lowest BCUT2D eigenvalue weighted by Crippen LogP contribution is -2.41. The van der Waals surface area contributed by atoms with E-state index in [4.69, 9.17) is 4.74 Å². The summed E-state index contributed by atoms with van der Waals surface area (Å²) in [5.41, 5.74) is 1.34. The lowest BCUT2D eigenvalue weighted by atomic mass is 10.1. The highest BCUT2D eigenvalue weighted by molar-refractivity contribution is 6.00. The Kier molecular flexibility index (Phi) is 7.80. The number of aromatic nitrogens is 4. The van der Waals surface area contributed by atoms with Gasteiger partial charge < -0.3 is 14.8 Å². The summed E-state index contributed by atoms with van der Waals surface area (Å²) in [7, 11) is 0. The van der Waals surface area contributed by atoms with Gasteiger partial charge in [0.15, 0.2) is 11.5 Å². The molecule has 4 rings (SSSR count). The average Bonchev–Trinajstić information content (AvgIpc) is 2.86. The van der Waals surface area contributed by atoms with Crippen molar-refractivity contribution in [1.29, 1.82) is 0 Å². The van der Waals surface area contributed by atoms with Crippen molar-refractivity contribution in [3.8, 4) is 17.0 Å². The molecule has 0 aliphatic carbocycles. The molecule has 3 heterocycles. The number of ketones is 1. The van der Waals surface area contributed by atoms with Crippen LogP contribution in [0.25, 0.3) is 11.3 Å². The Morgan fingerprint density at radius 1 is 1.06 bits per heavy atom. The van der Waals surface area contributed by atoms with E-state index in [1.54, 1.807) is 12.4 Å². The number of Topliss-reactive ketones (excluding diaryl/α,β-unsaturated/α-hetero) is 1. The van der Waals surface area contributed by atoms with Crippen molar-refractivity contribution in [3.63, 3.8) is 0 Å². The molecule has 1 aliphatic rings. The number of anilines is 1. The molecule has 0 spiro atoms. The Morgan fingerprint density at radius 2 is 1.81 bits per heavy atom. The molecule has 1 fully saturated rings. The number of hydrogen-bond donors (Lipinski definition) is 1. The predicted molar refractivity (Wildman–Crippen MR) is 120 cm³/mol. The van der Waals surface area contributed by atoms with Gasteiger partial charge in [0.2, 0.25) is 5.91 Å². The van der Waals surface area contributed by atoms with E-state index in [0.717, 1.165) is 12.1 Å². The van der Waals surface area contributed by atoms with Crippen molar-refractivity contribution in [2.24, 2.45) is 0 Å². The number of ether oxygens (including phenoxy) is 2. The van der Waals surface area contributed by atoms with Crippen LogP contribution in [0.3, 0.4) is 0 Å². The van der Waals surface area contributed by atoms with Gasteiger partial charge in [-0.25, -0.2) is 9.97 Å². The minimum Gasteiger partial charge on any atom is -0.404 e. The van der Waals surface area contributed by atoms with Crippen LogP contribution in [0.1, 0.15) is 16.1 Å². The summed E-state index contributed by atoms with van der Waals surface area (Å²) in [5, 5.41) is 2.43. The minimum atomic E-state index is -4.98. The molecule has 0 radical (unpaired) electrons. The Hall–Kier alpha value is -3.97. The number of benzene rings is 1. The van der Waals surface area contributed by atoms with E-state index in [-0.39, 0.29) is 24.2 Å². The first-order chi connectivity index (χ1) is 17.3. The average molecular weight is 502 g/mol. The summed E-state index contributed by atoms with van der Waals surface area (Å²) in [6, 6.07) is 3.35. The zero-order valence-corrected chi connectivity index (χ0v) is 18.9. The van der Waals surface area contributed by atoms with E-state index in [0.29, 0.717) is 43.3 Å². The molecule has 36 heavy (non-hydrogen) atoms. The topological polar surface area (TPSA) is 119 Å². The van der Waals surface area contributed by atoms with Crippen LogP contribution in [-0.2, 0) is 16.0 Å². The van der Waals surface area contributed by atoms with Gasteiger partial charge >= 0.3 is 6.36 Å². The van der Waals surface area contributed by atoms with Gasteiger partial charge in [0.25, 0.3) is 0 Å². The largest absolute Gasteiger partial charge is 0.573 e. The Morgan fingerprint density at radius 3 is 2.47 bits per heavy atom. The maximum Gasteiger partial charge on any atom is 0.573 e. The Bertz CT molecular complexity index is 1200. The van der Waals surface area contributed by atoms with Crippen LogP contribution in [0.5, 0.6) is 5.75 Å². The minimum absolute atomic E-state index is 0.0403. The van der Waals surface area contributed by atoms with Crippen LogP contribution in [0.2, 0.25) is 0 Å². The molecule has 1 aliphatic heterocycles. The van der Waals surface area contributed by atoms with Crippen LogP contribution < -0.4 is 10.1 Å². The number of nitrogens with zero attached hydrogens (tertiary/aromatic N) is 5. The van der Waals surface area contributed by atoms with Gasteiger partial charge in [0.1, 0.15) is 6.33 Å². The van der Waals surface area contributed by atoms with Gasteiger partial charge in [0, 0.05) is 42.8 Å². The van der Waals surface area contributed by atoms with E-state index in [9.17, 15) is 22.8 Å². The number of hydrogen-bond acceptors (Lipinski definition) is 9. The fourth-order valence-corrected chi connectivity index (χ4v) is 3.46. The van der Waals surface area contributed by atoms with Gasteiger partial charge in [-0.05, 0) is 18.2 Å². The molecule has 3 aromatic rings. The molecule has 13 heteroatoms. The van der Waals surface area contributed by atoms with Crippen LogP contribution in [0, 0.1) is 0 Å². The van der Waals surface area contributed by atoms with E-state index in [2.05, 4.69) is 30.0 Å². The fourth-order valence-electron chi connectivity index (χ4n) is 3.46. The van der Waals surface area contributed by atoms with Gasteiger partial charge in [0.05, 0.1) is 49.5 Å². The second-order valence-corrected chi connectivity index (χ2v) is 7.82. The van der Waals surface area contributed by atoms with Crippen molar-refractivity contribution < 1.29 is 32.2 Å². The number of alkyl halides is 3. The molecule has 1 aromatic carbocycles. The predicted octanol–water partition coefficient (Wildman–Crippen LogP) is 2.53. The summed E-state index contributed by atoms with van der Waals surface area (Å²) in [5.74, 6) is -1.59. The summed E-state index contributed by atoms with van der Waals surface area (Å²) in [6.07, 6.45) is 2.29. The number of carbonyl (C=O) groups excluding carboxylic acids is 2. The second kappa shape index (κ2) is 11.2. The number of morpholine rings is 1. The van der Waals surface area contributed by atoms with Gasteiger partial charge in [-0.15, -0.1) is 13.2 Å². The number of amides is 1. The van der Waals surface area contributed by atoms with Crippen molar-refractivity contribution in [2.45, 2.75) is 12.8 Å². The first-order valence-corrected chi connectivity index (χ1v) is 10.9. The van der Waals surface area contributed by atoms with Crippen LogP contribution in [-0.4, -0.2) is 75.7 Å². The number of carbonyl (C=O) groups is 2. The van der Waals surface area contributed by atoms with Gasteiger partial charge in [-0.2, -0.15) is 0 Å². The van der Waals surface area contributed by atoms with Crippen molar-refractivity contribution >= 4 is 17.4 Å². The quantitative estimate of drug-likeness (QED) is 0.464. The van der Waals surface area contributed by atoms with E-state index >= 15 is 0 Å². The maximum atomic E-state index is 12.9. The van der Waals surface area contributed by atoms with E-state index in [1.807, 2.05) is 4.90 Å². The molecule has 10 nitrogen and oxygen atoms in total. The van der Waals surface area contributed by atoms with Crippen LogP contribution in [0.4, 0.5) is 18.9 Å². The smallest absolute Gasteiger partial charge is 0.404 e. The fraction of sp³-hybridized carbons (Fsp3) is 0.304. The molecule has 188 valence electrons. The molecule has 2 aromatic heterocycles. The van der Waals surface area contributed by atoms with Crippen LogP contribution >= 0.6 is 0 Å². The second-order valence-electron chi connectivity index (χ2n) is 7.82. The standard InChI is InChI=1S/C23H21F3N6O4/c24-23(25,26)36-21-2-1-15(7-18(21)31-22(34)13-32-3-5-35-6-4-32)20(33)8-17-11-30-19(12-29-17)16-9-27-14-28-10-16/h1-2,7,9-12,14H,3-6,8,13H2,(H,31,34). The third kappa shape index (κ3) is 7.02. The normalized spacial score (nSPS) is 14.3. The molecule has 0 unspecified atom stereocenters. The summed E-state index contributed by atoms with van der Waals surface area (Å²) in [4.78, 5) is 43.4. The van der Waals surface area contributed by atoms with Crippen LogP contribution in [0.15, 0.2) is 49.3 Å². The monoisotopic (exact) mass is 502 g/mol. The number of halogens is 3. The molecule has 1 amide bonds. The first-order valence-electron chi connectivity index (χ1n) is 10.9. The molecule has 0 saturated carbocycles. The molecule has 1 saturated heterocycles. The number of rotatable bonds is 8. The maximum absolute atomic E-state index is 12.9. The number of nitrogens with one attached hydrogen (secondary N) is 1. The Labute approximate surface area is 203 Å². The van der Waals surface area contributed by atoms with Gasteiger partial charge in [-0.3, -0.25) is 24.5 Å². The van der Waals surface area contributed by atoms with E-state index < -0.39 is 23.8 Å². The highest BCUT2D eigenvalue weighted by Crippen LogP contribution is 2.31. The lowest BCUT2D eigenvalue weighted by Gasteiger charge is -2.26. The highest BCUT2D eigenvalue weighted by atomic mass is 19.4. The third-order valence-electron chi connectivity index (χ3n) is 5.18. The van der Waals surface area contributed by atoms with Crippen molar-refractivity contribution in [2.75, 3.05) is 38.2 Å². The molecule has 0 atom stereocenters. The zero-order chi connectivity index (χ0) is 25.5. The zero-order valence-electron chi connectivity index (χ0n) is 18.9. The van der Waals surface area contributed by atoms with Crippen molar-refractivity contribution in [1.82, 2.24) is 24.8 Å². The molecular formula is C23H21F3N6O4. The third-order valence-corrected chi connectivity index (χ3v) is 5.18.